The van der Waals surface area contributed by atoms with E-state index >= 15 is 0 Å². The van der Waals surface area contributed by atoms with Crippen molar-refractivity contribution in [1.29, 1.82) is 0 Å². The summed E-state index contributed by atoms with van der Waals surface area (Å²) in [7, 11) is 0. The number of rotatable bonds is 6. The molecule has 1 aromatic heterocycles. The quantitative estimate of drug-likeness (QED) is 0.490. The third-order valence-electron chi connectivity index (χ3n) is 2.83. The average Bonchev–Trinajstić information content (AvgIpc) is 2.81. The summed E-state index contributed by atoms with van der Waals surface area (Å²) in [5.74, 6) is 0.759. The second kappa shape index (κ2) is 6.04. The van der Waals surface area contributed by atoms with Crippen molar-refractivity contribution in [2.45, 2.75) is 19.8 Å². The van der Waals surface area contributed by atoms with Gasteiger partial charge in [-0.05, 0) is 18.6 Å². The van der Waals surface area contributed by atoms with E-state index in [1.165, 1.54) is 6.08 Å². The molecule has 0 fully saturated rings. The molecule has 0 saturated carbocycles. The highest BCUT2D eigenvalue weighted by Crippen LogP contribution is 2.29. The molecule has 100 valence electrons. The van der Waals surface area contributed by atoms with E-state index in [9.17, 15) is 10.1 Å². The van der Waals surface area contributed by atoms with E-state index in [1.807, 2.05) is 18.2 Å². The molecule has 19 heavy (non-hydrogen) atoms. The van der Waals surface area contributed by atoms with Gasteiger partial charge in [-0.1, -0.05) is 19.4 Å². The van der Waals surface area contributed by atoms with Crippen LogP contribution in [0.25, 0.3) is 17.0 Å². The van der Waals surface area contributed by atoms with Crippen molar-refractivity contribution in [3.8, 4) is 5.75 Å². The number of nitrogens with one attached hydrogen (secondary N) is 1. The maximum Gasteiger partial charge on any atom is 0.235 e. The Kier molecular flexibility index (Phi) is 4.18. The second-order valence-corrected chi connectivity index (χ2v) is 4.23. The highest BCUT2D eigenvalue weighted by Gasteiger charge is 2.08. The molecule has 0 aliphatic heterocycles. The lowest BCUT2D eigenvalue weighted by atomic mass is 10.1. The summed E-state index contributed by atoms with van der Waals surface area (Å²) in [5.41, 5.74) is 1.68. The molecule has 2 aromatic rings. The molecule has 0 spiro atoms. The van der Waals surface area contributed by atoms with Gasteiger partial charge in [-0.2, -0.15) is 0 Å². The number of H-pyrrole nitrogens is 1. The summed E-state index contributed by atoms with van der Waals surface area (Å²) < 4.78 is 5.74. The molecule has 2 rings (SSSR count). The molecule has 0 amide bonds. The Balaban J connectivity index is 2.34. The smallest absolute Gasteiger partial charge is 0.235 e. The Hall–Kier alpha value is -2.30. The van der Waals surface area contributed by atoms with Gasteiger partial charge < -0.3 is 9.72 Å². The summed E-state index contributed by atoms with van der Waals surface area (Å²) in [6.45, 7) is 2.75. The average molecular weight is 260 g/mol. The molecule has 0 aliphatic carbocycles. The van der Waals surface area contributed by atoms with E-state index in [4.69, 9.17) is 4.74 Å². The molecule has 0 unspecified atom stereocenters. The Bertz CT molecular complexity index is 602. The lowest BCUT2D eigenvalue weighted by molar-refractivity contribution is -0.400. The van der Waals surface area contributed by atoms with Crippen LogP contribution in [0.3, 0.4) is 0 Å². The third kappa shape index (κ3) is 3.13. The molecule has 1 aromatic carbocycles. The van der Waals surface area contributed by atoms with E-state index in [0.29, 0.717) is 6.61 Å². The lowest BCUT2D eigenvalue weighted by Crippen LogP contribution is -1.96. The van der Waals surface area contributed by atoms with Gasteiger partial charge in [-0.15, -0.1) is 0 Å². The zero-order valence-corrected chi connectivity index (χ0v) is 10.8. The Labute approximate surface area is 111 Å². The minimum Gasteiger partial charge on any atom is -0.493 e. The van der Waals surface area contributed by atoms with Crippen molar-refractivity contribution in [1.82, 2.24) is 4.98 Å². The van der Waals surface area contributed by atoms with E-state index in [2.05, 4.69) is 11.9 Å². The van der Waals surface area contributed by atoms with E-state index in [-0.39, 0.29) is 0 Å². The monoisotopic (exact) mass is 260 g/mol. The minimum atomic E-state index is -0.473. The van der Waals surface area contributed by atoms with Crippen LogP contribution in [-0.2, 0) is 0 Å². The molecule has 0 aliphatic rings. The Morgan fingerprint density at radius 2 is 2.32 bits per heavy atom. The number of benzene rings is 1. The first kappa shape index (κ1) is 13.1. The fourth-order valence-electron chi connectivity index (χ4n) is 1.90. The van der Waals surface area contributed by atoms with Crippen LogP contribution < -0.4 is 4.74 Å². The number of nitrogens with zero attached hydrogens (tertiary/aromatic N) is 1. The summed E-state index contributed by atoms with van der Waals surface area (Å²) in [4.78, 5) is 13.0. The number of fused-ring (bicyclic) bond motifs is 1. The number of aromatic nitrogens is 1. The maximum absolute atomic E-state index is 10.4. The highest BCUT2D eigenvalue weighted by molar-refractivity contribution is 5.93. The summed E-state index contributed by atoms with van der Waals surface area (Å²) in [5, 5.41) is 11.3. The van der Waals surface area contributed by atoms with Crippen molar-refractivity contribution in [2.75, 3.05) is 6.61 Å². The molecule has 0 bridgehead atoms. The number of nitro groups is 1. The zero-order valence-electron chi connectivity index (χ0n) is 10.8. The van der Waals surface area contributed by atoms with Gasteiger partial charge >= 0.3 is 0 Å². The number of ether oxygens (including phenoxy) is 1. The topological polar surface area (TPSA) is 68.2 Å². The van der Waals surface area contributed by atoms with Crippen LogP contribution in [0, 0.1) is 10.1 Å². The van der Waals surface area contributed by atoms with Gasteiger partial charge in [-0.3, -0.25) is 10.1 Å². The number of aromatic amines is 1. The predicted molar refractivity (Wildman–Crippen MR) is 74.7 cm³/mol. The maximum atomic E-state index is 10.4. The van der Waals surface area contributed by atoms with Gasteiger partial charge in [0, 0.05) is 28.7 Å². The fraction of sp³-hybridized carbons (Fsp3) is 0.286. The SMILES string of the molecule is CCCCOc1cccc2[nH]cc(/C=C\[N+](=O)[O-])c12. The van der Waals surface area contributed by atoms with Crippen molar-refractivity contribution < 1.29 is 9.66 Å². The Morgan fingerprint density at radius 3 is 3.05 bits per heavy atom. The van der Waals surface area contributed by atoms with E-state index in [1.54, 1.807) is 6.20 Å². The van der Waals surface area contributed by atoms with E-state index in [0.717, 1.165) is 41.3 Å². The molecule has 0 saturated heterocycles. The van der Waals surface area contributed by atoms with Crippen LogP contribution in [0.5, 0.6) is 5.75 Å². The lowest BCUT2D eigenvalue weighted by Gasteiger charge is -2.07. The van der Waals surface area contributed by atoms with Crippen molar-refractivity contribution >= 4 is 17.0 Å². The van der Waals surface area contributed by atoms with Gasteiger partial charge in [0.1, 0.15) is 5.75 Å². The van der Waals surface area contributed by atoms with Crippen molar-refractivity contribution in [3.63, 3.8) is 0 Å². The second-order valence-electron chi connectivity index (χ2n) is 4.23. The number of hydrogen-bond acceptors (Lipinski definition) is 3. The van der Waals surface area contributed by atoms with Crippen molar-refractivity contribution in [2.24, 2.45) is 0 Å². The van der Waals surface area contributed by atoms with Crippen LogP contribution in [0.2, 0.25) is 0 Å². The van der Waals surface area contributed by atoms with Crippen LogP contribution in [0.4, 0.5) is 0 Å². The van der Waals surface area contributed by atoms with Gasteiger partial charge in [-0.25, -0.2) is 0 Å². The van der Waals surface area contributed by atoms with Gasteiger partial charge in [0.2, 0.25) is 6.20 Å². The molecule has 0 atom stereocenters. The first-order valence-electron chi connectivity index (χ1n) is 6.27. The van der Waals surface area contributed by atoms with Crippen molar-refractivity contribution in [3.05, 3.63) is 46.3 Å². The number of unbranched alkanes of at least 4 members (excludes halogenated alkanes) is 1. The summed E-state index contributed by atoms with van der Waals surface area (Å²) in [6.07, 6.45) is 6.21. The fourth-order valence-corrected chi connectivity index (χ4v) is 1.90. The molecule has 1 N–H and O–H groups in total. The molecule has 0 radical (unpaired) electrons. The minimum absolute atomic E-state index is 0.473. The van der Waals surface area contributed by atoms with E-state index < -0.39 is 4.92 Å². The van der Waals surface area contributed by atoms with Gasteiger partial charge in [0.15, 0.2) is 0 Å². The van der Waals surface area contributed by atoms with Crippen LogP contribution in [0.1, 0.15) is 25.3 Å². The van der Waals surface area contributed by atoms with Crippen LogP contribution in [-0.4, -0.2) is 16.5 Å². The Morgan fingerprint density at radius 1 is 1.47 bits per heavy atom. The normalized spacial score (nSPS) is 11.2. The number of hydrogen-bond donors (Lipinski definition) is 1. The molecule has 5 heteroatoms. The molecule has 1 heterocycles. The molecular weight excluding hydrogens is 244 g/mol. The van der Waals surface area contributed by atoms with Gasteiger partial charge in [0.05, 0.1) is 11.5 Å². The molecule has 5 nitrogen and oxygen atoms in total. The first-order chi connectivity index (χ1) is 9.22. The summed E-state index contributed by atoms with van der Waals surface area (Å²) in [6, 6.07) is 5.71. The first-order valence-corrected chi connectivity index (χ1v) is 6.27. The third-order valence-corrected chi connectivity index (χ3v) is 2.83. The molecular formula is C14H16N2O3. The van der Waals surface area contributed by atoms with Crippen LogP contribution in [0.15, 0.2) is 30.6 Å². The highest BCUT2D eigenvalue weighted by atomic mass is 16.6. The standard InChI is InChI=1S/C14H16N2O3/c1-2-3-9-19-13-6-4-5-12-14(13)11(10-15-12)7-8-16(17)18/h4-8,10,15H,2-3,9H2,1H3/b8-7-. The zero-order chi connectivity index (χ0) is 13.7. The largest absolute Gasteiger partial charge is 0.493 e. The van der Waals surface area contributed by atoms with Crippen LogP contribution >= 0.6 is 0 Å². The summed E-state index contributed by atoms with van der Waals surface area (Å²) >= 11 is 0. The van der Waals surface area contributed by atoms with Gasteiger partial charge in [0.25, 0.3) is 0 Å². The predicted octanol–water partition coefficient (Wildman–Crippen LogP) is 3.59.